The number of nitrogens with one attached hydrogen (secondary N) is 1. The van der Waals surface area contributed by atoms with Gasteiger partial charge in [-0.2, -0.15) is 11.3 Å². The summed E-state index contributed by atoms with van der Waals surface area (Å²) >= 11 is 1.72. The van der Waals surface area contributed by atoms with Gasteiger partial charge in [0, 0.05) is 18.3 Å². The predicted molar refractivity (Wildman–Crippen MR) is 74.4 cm³/mol. The molecule has 18 heavy (non-hydrogen) atoms. The summed E-state index contributed by atoms with van der Waals surface area (Å²) in [6.45, 7) is 0. The van der Waals surface area contributed by atoms with Gasteiger partial charge < -0.3 is 4.98 Å². The van der Waals surface area contributed by atoms with Crippen LogP contribution in [0.25, 0.3) is 11.1 Å². The van der Waals surface area contributed by atoms with E-state index >= 15 is 0 Å². The molecule has 0 spiro atoms. The maximum absolute atomic E-state index is 3.97. The van der Waals surface area contributed by atoms with Gasteiger partial charge in [-0.25, -0.2) is 4.98 Å². The van der Waals surface area contributed by atoms with Gasteiger partial charge in [-0.05, 0) is 39.9 Å². The zero-order valence-electron chi connectivity index (χ0n) is 9.76. The Hall–Kier alpha value is -1.87. The Morgan fingerprint density at radius 3 is 2.67 bits per heavy atom. The largest absolute Gasteiger partial charge is 0.348 e. The molecule has 0 bridgehead atoms. The fourth-order valence-electron chi connectivity index (χ4n) is 1.79. The van der Waals surface area contributed by atoms with Crippen LogP contribution < -0.4 is 0 Å². The molecule has 0 aliphatic heterocycles. The van der Waals surface area contributed by atoms with Gasteiger partial charge in [0.05, 0.1) is 6.33 Å². The molecule has 3 heteroatoms. The molecule has 88 valence electrons. The van der Waals surface area contributed by atoms with Crippen LogP contribution in [0.3, 0.4) is 0 Å². The van der Waals surface area contributed by atoms with Crippen molar-refractivity contribution in [3.8, 4) is 11.1 Å². The highest BCUT2D eigenvalue weighted by molar-refractivity contribution is 7.08. The van der Waals surface area contributed by atoms with Gasteiger partial charge in [-0.15, -0.1) is 0 Å². The van der Waals surface area contributed by atoms with Crippen LogP contribution in [0.1, 0.15) is 11.3 Å². The van der Waals surface area contributed by atoms with Crippen molar-refractivity contribution in [2.24, 2.45) is 0 Å². The molecule has 0 aliphatic carbocycles. The molecule has 0 amide bonds. The van der Waals surface area contributed by atoms with E-state index in [0.717, 1.165) is 12.1 Å². The zero-order chi connectivity index (χ0) is 12.2. The molecule has 2 radical (unpaired) electrons. The highest BCUT2D eigenvalue weighted by atomic mass is 32.1. The van der Waals surface area contributed by atoms with Crippen molar-refractivity contribution < 1.29 is 0 Å². The minimum absolute atomic E-state index is 0.798. The molecule has 0 aliphatic rings. The molecular formula is C15H12N2S. The first-order chi connectivity index (χ1) is 8.92. The first-order valence-electron chi connectivity index (χ1n) is 5.75. The smallest absolute Gasteiger partial charge is 0.0921 e. The molecule has 2 heterocycles. The second kappa shape index (κ2) is 5.19. The maximum atomic E-state index is 3.97. The van der Waals surface area contributed by atoms with E-state index in [1.165, 1.54) is 16.7 Å². The summed E-state index contributed by atoms with van der Waals surface area (Å²) < 4.78 is 0. The normalized spacial score (nSPS) is 10.7. The number of rotatable bonds is 4. The van der Waals surface area contributed by atoms with Crippen LogP contribution in [-0.4, -0.2) is 9.97 Å². The lowest BCUT2D eigenvalue weighted by Crippen LogP contribution is -1.88. The van der Waals surface area contributed by atoms with Gasteiger partial charge in [0.1, 0.15) is 0 Å². The Kier molecular flexibility index (Phi) is 3.24. The van der Waals surface area contributed by atoms with Crippen LogP contribution in [0, 0.1) is 6.42 Å². The number of nitrogens with zero attached hydrogens (tertiary/aromatic N) is 1. The van der Waals surface area contributed by atoms with Crippen LogP contribution in [0.4, 0.5) is 0 Å². The van der Waals surface area contributed by atoms with Crippen molar-refractivity contribution in [1.82, 2.24) is 9.97 Å². The summed E-state index contributed by atoms with van der Waals surface area (Å²) in [6, 6.07) is 10.8. The summed E-state index contributed by atoms with van der Waals surface area (Å²) in [5.41, 5.74) is 4.75. The fourth-order valence-corrected chi connectivity index (χ4v) is 2.46. The Labute approximate surface area is 110 Å². The lowest BCUT2D eigenvalue weighted by molar-refractivity contribution is 1.12. The minimum atomic E-state index is 0.798. The van der Waals surface area contributed by atoms with Crippen LogP contribution in [0.5, 0.6) is 0 Å². The minimum Gasteiger partial charge on any atom is -0.348 e. The lowest BCUT2D eigenvalue weighted by Gasteiger charge is -2.02. The van der Waals surface area contributed by atoms with Gasteiger partial charge >= 0.3 is 0 Å². The van der Waals surface area contributed by atoms with Crippen molar-refractivity contribution in [3.63, 3.8) is 0 Å². The summed E-state index contributed by atoms with van der Waals surface area (Å²) in [4.78, 5) is 6.99. The van der Waals surface area contributed by atoms with Crippen molar-refractivity contribution in [1.29, 1.82) is 0 Å². The maximum Gasteiger partial charge on any atom is 0.0921 e. The van der Waals surface area contributed by atoms with Gasteiger partial charge in [-0.1, -0.05) is 24.3 Å². The Morgan fingerprint density at radius 1 is 1.11 bits per heavy atom. The predicted octanol–water partition coefficient (Wildman–Crippen LogP) is 3.81. The molecule has 3 aromatic rings. The zero-order valence-corrected chi connectivity index (χ0v) is 10.6. The topological polar surface area (TPSA) is 28.7 Å². The van der Waals surface area contributed by atoms with Crippen LogP contribution in [-0.2, 0) is 6.42 Å². The SMILES string of the molecule is [C](Cc1ccc(-c2ccsc2)cc1)c1cnc[nH]1. The number of aromatic amines is 1. The molecule has 3 rings (SSSR count). The molecule has 0 atom stereocenters. The van der Waals surface area contributed by atoms with Crippen molar-refractivity contribution in [2.45, 2.75) is 6.42 Å². The second-order valence-electron chi connectivity index (χ2n) is 4.03. The van der Waals surface area contributed by atoms with Crippen molar-refractivity contribution in [2.75, 3.05) is 0 Å². The first-order valence-corrected chi connectivity index (χ1v) is 6.70. The van der Waals surface area contributed by atoms with E-state index in [0.29, 0.717) is 0 Å². The number of hydrogen-bond donors (Lipinski definition) is 1. The summed E-state index contributed by atoms with van der Waals surface area (Å²) in [6.07, 6.45) is 7.52. The fraction of sp³-hybridized carbons (Fsp3) is 0.0667. The molecule has 0 saturated carbocycles. The molecule has 2 aromatic heterocycles. The average molecular weight is 252 g/mol. The summed E-state index contributed by atoms with van der Waals surface area (Å²) in [5.74, 6) is 0. The molecule has 0 fully saturated rings. The van der Waals surface area contributed by atoms with Crippen LogP contribution in [0.2, 0.25) is 0 Å². The Morgan fingerprint density at radius 2 is 2.00 bits per heavy atom. The monoisotopic (exact) mass is 252 g/mol. The average Bonchev–Trinajstić information content (AvgIpc) is 3.10. The molecular weight excluding hydrogens is 240 g/mol. The summed E-state index contributed by atoms with van der Waals surface area (Å²) in [5, 5.41) is 4.26. The lowest BCUT2D eigenvalue weighted by atomic mass is 10.0. The highest BCUT2D eigenvalue weighted by Gasteiger charge is 2.00. The van der Waals surface area contributed by atoms with Crippen molar-refractivity contribution >= 4 is 11.3 Å². The highest BCUT2D eigenvalue weighted by Crippen LogP contribution is 2.22. The quantitative estimate of drug-likeness (QED) is 0.751. The van der Waals surface area contributed by atoms with Gasteiger partial charge in [0.15, 0.2) is 0 Å². The van der Waals surface area contributed by atoms with Gasteiger partial charge in [0.2, 0.25) is 0 Å². The molecule has 1 aromatic carbocycles. The third-order valence-electron chi connectivity index (χ3n) is 2.79. The molecule has 1 N–H and O–H groups in total. The molecule has 0 saturated heterocycles. The number of thiophene rings is 1. The number of H-pyrrole nitrogens is 1. The van der Waals surface area contributed by atoms with E-state index in [4.69, 9.17) is 0 Å². The van der Waals surface area contributed by atoms with E-state index in [9.17, 15) is 0 Å². The summed E-state index contributed by atoms with van der Waals surface area (Å²) in [7, 11) is 0. The molecule has 0 unspecified atom stereocenters. The van der Waals surface area contributed by atoms with Gasteiger partial charge in [-0.3, -0.25) is 0 Å². The van der Waals surface area contributed by atoms with E-state index in [1.807, 2.05) is 0 Å². The molecule has 2 nitrogen and oxygen atoms in total. The third-order valence-corrected chi connectivity index (χ3v) is 3.47. The Balaban J connectivity index is 1.68. The van der Waals surface area contributed by atoms with E-state index < -0.39 is 0 Å². The van der Waals surface area contributed by atoms with E-state index in [2.05, 4.69) is 57.5 Å². The standard InChI is InChI=1S/C15H12N2S/c1-4-13(14-7-8-18-10-14)5-2-12(1)3-6-15-9-16-11-17-15/h1-2,4-5,7-11H,3H2,(H,16,17). The second-order valence-corrected chi connectivity index (χ2v) is 4.81. The van der Waals surface area contributed by atoms with Crippen LogP contribution >= 0.6 is 11.3 Å². The van der Waals surface area contributed by atoms with Crippen molar-refractivity contribution in [3.05, 3.63) is 71.3 Å². The Bertz CT molecular complexity index is 580. The number of aromatic nitrogens is 2. The number of imidazole rings is 1. The number of benzene rings is 1. The van der Waals surface area contributed by atoms with E-state index in [-0.39, 0.29) is 0 Å². The van der Waals surface area contributed by atoms with Crippen LogP contribution in [0.15, 0.2) is 53.6 Å². The van der Waals surface area contributed by atoms with E-state index in [1.54, 1.807) is 23.9 Å². The third kappa shape index (κ3) is 2.51. The number of hydrogen-bond acceptors (Lipinski definition) is 2. The van der Waals surface area contributed by atoms with Gasteiger partial charge in [0.25, 0.3) is 0 Å². The first kappa shape index (κ1) is 11.2.